The molecular formula is C19H16N2O4. The van der Waals surface area contributed by atoms with Crippen LogP contribution in [0, 0.1) is 0 Å². The van der Waals surface area contributed by atoms with Crippen LogP contribution < -0.4 is 15.0 Å². The molecule has 6 heteroatoms. The molecule has 0 spiro atoms. The molecular weight excluding hydrogens is 320 g/mol. The fraction of sp³-hybridized carbons (Fsp3) is 0.158. The van der Waals surface area contributed by atoms with E-state index in [1.165, 1.54) is 6.07 Å². The number of hydrogen-bond donors (Lipinski definition) is 2. The first-order valence-electron chi connectivity index (χ1n) is 8.01. The van der Waals surface area contributed by atoms with Crippen molar-refractivity contribution in [2.24, 2.45) is 0 Å². The number of phenols is 1. The predicted octanol–water partition coefficient (Wildman–Crippen LogP) is 3.24. The molecule has 0 unspecified atom stereocenters. The van der Waals surface area contributed by atoms with Gasteiger partial charge in [-0.15, -0.1) is 0 Å². The third kappa shape index (κ3) is 2.61. The summed E-state index contributed by atoms with van der Waals surface area (Å²) in [6.07, 6.45) is 0.412. The van der Waals surface area contributed by atoms with Gasteiger partial charge in [0.1, 0.15) is 11.6 Å². The van der Waals surface area contributed by atoms with Gasteiger partial charge in [0.25, 0.3) is 5.56 Å². The average Bonchev–Trinajstić information content (AvgIpc) is 2.61. The first-order chi connectivity index (χ1) is 12.2. The van der Waals surface area contributed by atoms with Crippen LogP contribution in [0.4, 0.5) is 0 Å². The van der Waals surface area contributed by atoms with Gasteiger partial charge in [0.2, 0.25) is 5.88 Å². The lowest BCUT2D eigenvalue weighted by molar-refractivity contribution is 0.315. The number of aromatic nitrogens is 2. The number of aromatic hydroxyl groups is 1. The highest BCUT2D eigenvalue weighted by molar-refractivity contribution is 5.64. The lowest BCUT2D eigenvalue weighted by Gasteiger charge is -2.21. The van der Waals surface area contributed by atoms with E-state index in [1.807, 2.05) is 25.1 Å². The second-order valence-electron chi connectivity index (χ2n) is 5.67. The maximum absolute atomic E-state index is 12.5. The first kappa shape index (κ1) is 15.3. The van der Waals surface area contributed by atoms with Crippen molar-refractivity contribution in [3.8, 4) is 34.5 Å². The van der Waals surface area contributed by atoms with Gasteiger partial charge in [0, 0.05) is 12.0 Å². The molecule has 0 atom stereocenters. The molecule has 2 heterocycles. The van der Waals surface area contributed by atoms with Crippen LogP contribution in [-0.4, -0.2) is 21.7 Å². The quantitative estimate of drug-likeness (QED) is 0.600. The van der Waals surface area contributed by atoms with E-state index in [0.717, 1.165) is 5.56 Å². The minimum absolute atomic E-state index is 0.0387. The van der Waals surface area contributed by atoms with E-state index in [0.29, 0.717) is 35.7 Å². The van der Waals surface area contributed by atoms with Gasteiger partial charge in [0.05, 0.1) is 17.7 Å². The van der Waals surface area contributed by atoms with E-state index in [1.54, 1.807) is 18.2 Å². The van der Waals surface area contributed by atoms with E-state index in [-0.39, 0.29) is 23.0 Å². The Bertz CT molecular complexity index is 1010. The second-order valence-corrected chi connectivity index (χ2v) is 5.67. The molecule has 126 valence electrons. The van der Waals surface area contributed by atoms with Gasteiger partial charge < -0.3 is 19.6 Å². The van der Waals surface area contributed by atoms with Crippen LogP contribution in [0.25, 0.3) is 11.4 Å². The summed E-state index contributed by atoms with van der Waals surface area (Å²) in [4.78, 5) is 19.6. The topological polar surface area (TPSA) is 84.4 Å². The monoisotopic (exact) mass is 336 g/mol. The summed E-state index contributed by atoms with van der Waals surface area (Å²) in [5, 5.41) is 10.0. The van der Waals surface area contributed by atoms with Crippen LogP contribution in [-0.2, 0) is 6.42 Å². The Morgan fingerprint density at radius 2 is 2.08 bits per heavy atom. The van der Waals surface area contributed by atoms with Crippen molar-refractivity contribution in [2.75, 3.05) is 6.61 Å². The van der Waals surface area contributed by atoms with Gasteiger partial charge in [-0.25, -0.2) is 0 Å². The molecule has 1 aliphatic heterocycles. The summed E-state index contributed by atoms with van der Waals surface area (Å²) < 4.78 is 11.5. The molecule has 0 aliphatic carbocycles. The van der Waals surface area contributed by atoms with Gasteiger partial charge in [-0.05, 0) is 25.1 Å². The number of aromatic amines is 1. The van der Waals surface area contributed by atoms with Crippen molar-refractivity contribution in [1.82, 2.24) is 9.97 Å². The lowest BCUT2D eigenvalue weighted by Crippen LogP contribution is -2.20. The number of phenolic OH excluding ortho intramolecular Hbond substituents is 1. The van der Waals surface area contributed by atoms with Gasteiger partial charge >= 0.3 is 0 Å². The molecule has 0 saturated heterocycles. The third-order valence-corrected chi connectivity index (χ3v) is 4.06. The maximum atomic E-state index is 12.5. The maximum Gasteiger partial charge on any atom is 0.258 e. The number of nitrogens with zero attached hydrogens (tertiary/aromatic N) is 1. The third-order valence-electron chi connectivity index (χ3n) is 4.06. The summed E-state index contributed by atoms with van der Waals surface area (Å²) in [6, 6.07) is 12.3. The van der Waals surface area contributed by atoms with E-state index in [2.05, 4.69) is 9.97 Å². The predicted molar refractivity (Wildman–Crippen MR) is 92.4 cm³/mol. The zero-order valence-corrected chi connectivity index (χ0v) is 13.6. The number of nitrogens with one attached hydrogen (secondary N) is 1. The normalized spacial score (nSPS) is 12.0. The van der Waals surface area contributed by atoms with Crippen molar-refractivity contribution >= 4 is 0 Å². The standard InChI is InChI=1S/C19H16N2O4/c1-2-24-15-9-5-6-11-10-13-18(23)20-17(21-19(13)25-16(11)15)12-7-3-4-8-14(12)22/h3-9,22H,2,10H2,1H3,(H,20,21,23). The van der Waals surface area contributed by atoms with Crippen LogP contribution in [0.3, 0.4) is 0 Å². The molecule has 0 bridgehead atoms. The number of fused-ring (bicyclic) bond motifs is 2. The SMILES string of the molecule is CCOc1cccc2c1Oc1nc(-c3ccccc3O)[nH]c(=O)c1C2. The molecule has 2 N–H and O–H groups in total. The second kappa shape index (κ2) is 5.98. The van der Waals surface area contributed by atoms with Crippen molar-refractivity contribution < 1.29 is 14.6 Å². The largest absolute Gasteiger partial charge is 0.507 e. The molecule has 4 rings (SSSR count). The minimum atomic E-state index is -0.282. The Balaban J connectivity index is 1.83. The highest BCUT2D eigenvalue weighted by Crippen LogP contribution is 2.41. The number of H-pyrrole nitrogens is 1. The summed E-state index contributed by atoms with van der Waals surface area (Å²) in [5.74, 6) is 1.74. The van der Waals surface area contributed by atoms with Crippen LogP contribution in [0.5, 0.6) is 23.1 Å². The highest BCUT2D eigenvalue weighted by atomic mass is 16.5. The van der Waals surface area contributed by atoms with E-state index in [4.69, 9.17) is 9.47 Å². The molecule has 2 aromatic carbocycles. The summed E-state index contributed by atoms with van der Waals surface area (Å²) in [7, 11) is 0. The molecule has 3 aromatic rings. The van der Waals surface area contributed by atoms with Gasteiger partial charge in [-0.3, -0.25) is 4.79 Å². The van der Waals surface area contributed by atoms with Crippen LogP contribution >= 0.6 is 0 Å². The molecule has 1 aliphatic rings. The van der Waals surface area contributed by atoms with E-state index in [9.17, 15) is 9.90 Å². The molecule has 0 fully saturated rings. The van der Waals surface area contributed by atoms with Crippen LogP contribution in [0.15, 0.2) is 47.3 Å². The highest BCUT2D eigenvalue weighted by Gasteiger charge is 2.25. The van der Waals surface area contributed by atoms with Crippen molar-refractivity contribution in [2.45, 2.75) is 13.3 Å². The lowest BCUT2D eigenvalue weighted by atomic mass is 10.0. The Morgan fingerprint density at radius 1 is 1.24 bits per heavy atom. The number of rotatable bonds is 3. The Labute approximate surface area is 143 Å². The zero-order chi connectivity index (χ0) is 17.4. The van der Waals surface area contributed by atoms with Crippen LogP contribution in [0.1, 0.15) is 18.1 Å². The van der Waals surface area contributed by atoms with Gasteiger partial charge in [-0.1, -0.05) is 24.3 Å². The van der Waals surface area contributed by atoms with Crippen LogP contribution in [0.2, 0.25) is 0 Å². The zero-order valence-electron chi connectivity index (χ0n) is 13.6. The molecule has 0 saturated carbocycles. The fourth-order valence-electron chi connectivity index (χ4n) is 2.89. The molecule has 6 nitrogen and oxygen atoms in total. The fourth-order valence-corrected chi connectivity index (χ4v) is 2.89. The van der Waals surface area contributed by atoms with Crippen molar-refractivity contribution in [3.63, 3.8) is 0 Å². The Morgan fingerprint density at radius 3 is 2.88 bits per heavy atom. The number of ether oxygens (including phenoxy) is 2. The van der Waals surface area contributed by atoms with Crippen molar-refractivity contribution in [3.05, 3.63) is 63.9 Å². The molecule has 0 amide bonds. The first-order valence-corrected chi connectivity index (χ1v) is 8.01. The Hall–Kier alpha value is -3.28. The summed E-state index contributed by atoms with van der Waals surface area (Å²) >= 11 is 0. The van der Waals surface area contributed by atoms with E-state index >= 15 is 0 Å². The molecule has 25 heavy (non-hydrogen) atoms. The molecule has 0 radical (unpaired) electrons. The minimum Gasteiger partial charge on any atom is -0.507 e. The van der Waals surface area contributed by atoms with Crippen molar-refractivity contribution in [1.29, 1.82) is 0 Å². The van der Waals surface area contributed by atoms with E-state index < -0.39 is 0 Å². The molecule has 1 aromatic heterocycles. The number of benzene rings is 2. The number of para-hydroxylation sites is 2. The Kier molecular flexibility index (Phi) is 3.65. The summed E-state index contributed by atoms with van der Waals surface area (Å²) in [6.45, 7) is 2.41. The van der Waals surface area contributed by atoms with Gasteiger partial charge in [-0.2, -0.15) is 4.98 Å². The smallest absolute Gasteiger partial charge is 0.258 e. The van der Waals surface area contributed by atoms with Gasteiger partial charge in [0.15, 0.2) is 11.5 Å². The summed E-state index contributed by atoms with van der Waals surface area (Å²) in [5.41, 5.74) is 1.49. The number of hydrogen-bond acceptors (Lipinski definition) is 5. The average molecular weight is 336 g/mol.